The van der Waals surface area contributed by atoms with Crippen molar-refractivity contribution < 1.29 is 0 Å². The molecule has 3 rings (SSSR count). The molecule has 1 nitrogen and oxygen atoms in total. The number of rotatable bonds is 2. The summed E-state index contributed by atoms with van der Waals surface area (Å²) in [5, 5.41) is 0. The second-order valence-electron chi connectivity index (χ2n) is 8.06. The van der Waals surface area contributed by atoms with Crippen LogP contribution in [0.2, 0.25) is 0 Å². The quantitative estimate of drug-likeness (QED) is 0.676. The van der Waals surface area contributed by atoms with Gasteiger partial charge in [0.15, 0.2) is 0 Å². The van der Waals surface area contributed by atoms with Crippen LogP contribution in [0.1, 0.15) is 52.2 Å². The van der Waals surface area contributed by atoms with Crippen molar-refractivity contribution >= 4 is 5.69 Å². The fourth-order valence-corrected chi connectivity index (χ4v) is 3.48. The van der Waals surface area contributed by atoms with Crippen LogP contribution in [0, 0.1) is 0 Å². The molecule has 0 bridgehead atoms. The Labute approximate surface area is 141 Å². The summed E-state index contributed by atoms with van der Waals surface area (Å²) >= 11 is 0. The molecule has 1 heteroatoms. The summed E-state index contributed by atoms with van der Waals surface area (Å²) in [6.45, 7) is 12.6. The first-order valence-electron chi connectivity index (χ1n) is 8.87. The maximum atomic E-state index is 2.55. The third kappa shape index (κ3) is 3.29. The zero-order chi connectivity index (χ0) is 16.6. The third-order valence-electron chi connectivity index (χ3n) is 4.95. The lowest BCUT2D eigenvalue weighted by Gasteiger charge is -2.35. The Kier molecular flexibility index (Phi) is 4.23. The molecule has 1 heterocycles. The second kappa shape index (κ2) is 6.03. The van der Waals surface area contributed by atoms with Gasteiger partial charge in [-0.05, 0) is 60.4 Å². The molecule has 0 fully saturated rings. The van der Waals surface area contributed by atoms with Crippen molar-refractivity contribution in [1.82, 2.24) is 0 Å². The van der Waals surface area contributed by atoms with Crippen molar-refractivity contribution in [1.29, 1.82) is 0 Å². The molecule has 0 aliphatic carbocycles. The molecule has 1 aliphatic heterocycles. The Balaban J connectivity index is 1.97. The number of aryl methyl sites for hydroxylation is 1. The molecule has 0 saturated heterocycles. The van der Waals surface area contributed by atoms with E-state index in [-0.39, 0.29) is 5.41 Å². The van der Waals surface area contributed by atoms with Crippen LogP contribution in [0.25, 0.3) is 11.1 Å². The van der Waals surface area contributed by atoms with Crippen LogP contribution < -0.4 is 4.90 Å². The molecule has 122 valence electrons. The average molecular weight is 307 g/mol. The molecule has 1 aliphatic rings. The van der Waals surface area contributed by atoms with Crippen molar-refractivity contribution in [3.05, 3.63) is 53.6 Å². The van der Waals surface area contributed by atoms with Crippen LogP contribution in [0.5, 0.6) is 0 Å². The third-order valence-corrected chi connectivity index (χ3v) is 4.95. The summed E-state index contributed by atoms with van der Waals surface area (Å²) in [5.41, 5.74) is 7.18. The van der Waals surface area contributed by atoms with E-state index in [0.717, 1.165) is 0 Å². The van der Waals surface area contributed by atoms with E-state index >= 15 is 0 Å². The van der Waals surface area contributed by atoms with E-state index in [1.54, 1.807) is 0 Å². The number of anilines is 1. The summed E-state index contributed by atoms with van der Waals surface area (Å²) in [5.74, 6) is 0. The SMILES string of the molecule is CC(C)N1CCCc2ccc(-c3ccc(C(C)(C)C)cc3)cc21. The van der Waals surface area contributed by atoms with Crippen molar-refractivity contribution in [2.45, 2.75) is 58.9 Å². The minimum atomic E-state index is 0.211. The van der Waals surface area contributed by atoms with E-state index in [1.807, 2.05) is 0 Å². The summed E-state index contributed by atoms with van der Waals surface area (Å²) < 4.78 is 0. The van der Waals surface area contributed by atoms with Gasteiger partial charge in [0.05, 0.1) is 0 Å². The lowest BCUT2D eigenvalue weighted by atomic mass is 9.86. The van der Waals surface area contributed by atoms with Gasteiger partial charge >= 0.3 is 0 Å². The topological polar surface area (TPSA) is 3.24 Å². The van der Waals surface area contributed by atoms with Crippen LogP contribution in [0.15, 0.2) is 42.5 Å². The van der Waals surface area contributed by atoms with Gasteiger partial charge in [0.25, 0.3) is 0 Å². The monoisotopic (exact) mass is 307 g/mol. The van der Waals surface area contributed by atoms with E-state index in [1.165, 1.54) is 47.3 Å². The lowest BCUT2D eigenvalue weighted by Crippen LogP contribution is -2.35. The highest BCUT2D eigenvalue weighted by Crippen LogP contribution is 2.34. The number of hydrogen-bond acceptors (Lipinski definition) is 1. The molecule has 2 aromatic carbocycles. The molecule has 0 unspecified atom stereocenters. The van der Waals surface area contributed by atoms with Crippen molar-refractivity contribution in [3.8, 4) is 11.1 Å². The van der Waals surface area contributed by atoms with Gasteiger partial charge < -0.3 is 4.90 Å². The Morgan fingerprint density at radius 2 is 1.57 bits per heavy atom. The maximum absolute atomic E-state index is 2.55. The first kappa shape index (κ1) is 16.1. The predicted molar refractivity (Wildman–Crippen MR) is 101 cm³/mol. The number of nitrogens with zero attached hydrogens (tertiary/aromatic N) is 1. The zero-order valence-corrected chi connectivity index (χ0v) is 15.2. The Morgan fingerprint density at radius 1 is 0.913 bits per heavy atom. The Hall–Kier alpha value is -1.76. The standard InChI is InChI=1S/C22H29N/c1-16(2)23-14-6-7-18-8-9-19(15-21(18)23)17-10-12-20(13-11-17)22(3,4)5/h8-13,15-16H,6-7,14H2,1-5H3. The fourth-order valence-electron chi connectivity index (χ4n) is 3.48. The lowest BCUT2D eigenvalue weighted by molar-refractivity contribution is 0.590. The summed E-state index contributed by atoms with van der Waals surface area (Å²) in [4.78, 5) is 2.55. The van der Waals surface area contributed by atoms with Gasteiger partial charge in [0, 0.05) is 18.3 Å². The molecule has 0 aromatic heterocycles. The van der Waals surface area contributed by atoms with Crippen molar-refractivity contribution in [2.24, 2.45) is 0 Å². The number of benzene rings is 2. The highest BCUT2D eigenvalue weighted by molar-refractivity contribution is 5.71. The summed E-state index contributed by atoms with van der Waals surface area (Å²) in [6, 6.07) is 16.7. The Bertz CT molecular complexity index is 674. The van der Waals surface area contributed by atoms with Gasteiger partial charge in [0.1, 0.15) is 0 Å². The van der Waals surface area contributed by atoms with Crippen molar-refractivity contribution in [3.63, 3.8) is 0 Å². The number of fused-ring (bicyclic) bond motifs is 1. The molecule has 0 saturated carbocycles. The van der Waals surface area contributed by atoms with Crippen LogP contribution in [0.3, 0.4) is 0 Å². The molecule has 0 N–H and O–H groups in total. The molecular formula is C22H29N. The van der Waals surface area contributed by atoms with Crippen LogP contribution in [0.4, 0.5) is 5.69 Å². The maximum Gasteiger partial charge on any atom is 0.0407 e. The number of hydrogen-bond donors (Lipinski definition) is 0. The normalized spacial score (nSPS) is 15.0. The van der Waals surface area contributed by atoms with Crippen LogP contribution in [-0.2, 0) is 11.8 Å². The molecule has 0 radical (unpaired) electrons. The van der Waals surface area contributed by atoms with E-state index in [2.05, 4.69) is 82.0 Å². The van der Waals surface area contributed by atoms with Gasteiger partial charge in [-0.15, -0.1) is 0 Å². The van der Waals surface area contributed by atoms with Gasteiger partial charge in [-0.2, -0.15) is 0 Å². The Morgan fingerprint density at radius 3 is 2.17 bits per heavy atom. The predicted octanol–water partition coefficient (Wildman–Crippen LogP) is 5.81. The smallest absolute Gasteiger partial charge is 0.0407 e. The summed E-state index contributed by atoms with van der Waals surface area (Å²) in [7, 11) is 0. The van der Waals surface area contributed by atoms with Gasteiger partial charge in [-0.3, -0.25) is 0 Å². The first-order chi connectivity index (χ1) is 10.9. The molecule has 0 atom stereocenters. The van der Waals surface area contributed by atoms with Crippen LogP contribution in [-0.4, -0.2) is 12.6 Å². The highest BCUT2D eigenvalue weighted by Gasteiger charge is 2.20. The molecule has 2 aromatic rings. The molecular weight excluding hydrogens is 278 g/mol. The zero-order valence-electron chi connectivity index (χ0n) is 15.2. The first-order valence-corrected chi connectivity index (χ1v) is 8.87. The van der Waals surface area contributed by atoms with Crippen LogP contribution >= 0.6 is 0 Å². The van der Waals surface area contributed by atoms with Gasteiger partial charge in [-0.25, -0.2) is 0 Å². The minimum absolute atomic E-state index is 0.211. The second-order valence-corrected chi connectivity index (χ2v) is 8.06. The van der Waals surface area contributed by atoms with Gasteiger partial charge in [-0.1, -0.05) is 57.2 Å². The molecule has 0 spiro atoms. The average Bonchev–Trinajstić information content (AvgIpc) is 2.53. The van der Waals surface area contributed by atoms with Gasteiger partial charge in [0.2, 0.25) is 0 Å². The summed E-state index contributed by atoms with van der Waals surface area (Å²) in [6.07, 6.45) is 2.48. The van der Waals surface area contributed by atoms with E-state index < -0.39 is 0 Å². The van der Waals surface area contributed by atoms with E-state index in [0.29, 0.717) is 6.04 Å². The molecule has 23 heavy (non-hydrogen) atoms. The largest absolute Gasteiger partial charge is 0.369 e. The highest BCUT2D eigenvalue weighted by atomic mass is 15.2. The van der Waals surface area contributed by atoms with Crippen molar-refractivity contribution in [2.75, 3.05) is 11.4 Å². The molecule has 0 amide bonds. The van der Waals surface area contributed by atoms with E-state index in [9.17, 15) is 0 Å². The fraction of sp³-hybridized carbons (Fsp3) is 0.455. The minimum Gasteiger partial charge on any atom is -0.369 e. The van der Waals surface area contributed by atoms with E-state index in [4.69, 9.17) is 0 Å².